The van der Waals surface area contributed by atoms with Gasteiger partial charge in [-0.05, 0) is 38.3 Å². The van der Waals surface area contributed by atoms with E-state index in [2.05, 4.69) is 20.9 Å². The van der Waals surface area contributed by atoms with Crippen molar-refractivity contribution in [1.29, 1.82) is 0 Å². The van der Waals surface area contributed by atoms with Crippen molar-refractivity contribution in [2.45, 2.75) is 32.2 Å². The second kappa shape index (κ2) is 7.54. The predicted molar refractivity (Wildman–Crippen MR) is 83.8 cm³/mol. The number of nitrogens with one attached hydrogen (secondary N) is 2. The number of aromatic nitrogens is 3. The first-order valence-electron chi connectivity index (χ1n) is 8.39. The van der Waals surface area contributed by atoms with E-state index in [1.165, 1.54) is 12.8 Å². The zero-order valence-electron chi connectivity index (χ0n) is 13.3. The van der Waals surface area contributed by atoms with E-state index in [0.29, 0.717) is 31.1 Å². The molecule has 2 amide bonds. The highest BCUT2D eigenvalue weighted by Gasteiger charge is 2.20. The number of hydrogen-bond acceptors (Lipinski definition) is 5. The molecular weight excluding hydrogens is 296 g/mol. The van der Waals surface area contributed by atoms with Crippen LogP contribution in [0.5, 0.6) is 0 Å². The standard InChI is InChI=1S/C15H24N6O2/c22-14-4-2-7-20(14)8-6-17-15(23)13-11-21(19-18-13)10-12-3-1-5-16-9-12/h11-12,16H,1-10H2,(H,17,23)/t12-/m0/s1. The predicted octanol–water partition coefficient (Wildman–Crippen LogP) is -0.370. The van der Waals surface area contributed by atoms with E-state index in [0.717, 1.165) is 32.6 Å². The van der Waals surface area contributed by atoms with Crippen LogP contribution in [0.2, 0.25) is 0 Å². The number of hydrogen-bond donors (Lipinski definition) is 2. The highest BCUT2D eigenvalue weighted by molar-refractivity contribution is 5.91. The number of carbonyl (C=O) groups is 2. The number of rotatable bonds is 6. The van der Waals surface area contributed by atoms with Crippen molar-refractivity contribution >= 4 is 11.8 Å². The third kappa shape index (κ3) is 4.28. The van der Waals surface area contributed by atoms with Crippen molar-refractivity contribution in [3.8, 4) is 0 Å². The van der Waals surface area contributed by atoms with Crippen molar-refractivity contribution in [3.63, 3.8) is 0 Å². The van der Waals surface area contributed by atoms with Gasteiger partial charge in [0.2, 0.25) is 5.91 Å². The molecule has 0 saturated carbocycles. The maximum Gasteiger partial charge on any atom is 0.273 e. The fourth-order valence-electron chi connectivity index (χ4n) is 3.17. The molecular formula is C15H24N6O2. The molecule has 1 aromatic heterocycles. The number of piperidine rings is 1. The van der Waals surface area contributed by atoms with Crippen LogP contribution in [0.15, 0.2) is 6.20 Å². The molecule has 2 aliphatic heterocycles. The van der Waals surface area contributed by atoms with Gasteiger partial charge in [-0.3, -0.25) is 14.3 Å². The smallest absolute Gasteiger partial charge is 0.273 e. The Bertz CT molecular complexity index is 552. The van der Waals surface area contributed by atoms with Crippen LogP contribution in [0.25, 0.3) is 0 Å². The summed E-state index contributed by atoms with van der Waals surface area (Å²) in [5.74, 6) is 0.485. The first kappa shape index (κ1) is 15.9. The summed E-state index contributed by atoms with van der Waals surface area (Å²) in [4.78, 5) is 25.3. The van der Waals surface area contributed by atoms with Crippen molar-refractivity contribution in [1.82, 2.24) is 30.5 Å². The second-order valence-corrected chi connectivity index (χ2v) is 6.28. The zero-order valence-corrected chi connectivity index (χ0v) is 13.3. The van der Waals surface area contributed by atoms with Gasteiger partial charge in [0.15, 0.2) is 5.69 Å². The molecule has 1 atom stereocenters. The fraction of sp³-hybridized carbons (Fsp3) is 0.733. The van der Waals surface area contributed by atoms with Gasteiger partial charge in [0.05, 0.1) is 6.20 Å². The number of amides is 2. The first-order chi connectivity index (χ1) is 11.2. The van der Waals surface area contributed by atoms with Gasteiger partial charge in [-0.2, -0.15) is 0 Å². The van der Waals surface area contributed by atoms with Gasteiger partial charge in [0.25, 0.3) is 5.91 Å². The minimum absolute atomic E-state index is 0.172. The summed E-state index contributed by atoms with van der Waals surface area (Å²) in [5, 5.41) is 14.2. The van der Waals surface area contributed by atoms with Crippen LogP contribution in [-0.4, -0.2) is 64.4 Å². The lowest BCUT2D eigenvalue weighted by molar-refractivity contribution is -0.127. The maximum atomic E-state index is 12.1. The average Bonchev–Trinajstić information content (AvgIpc) is 3.18. The van der Waals surface area contributed by atoms with E-state index in [-0.39, 0.29) is 11.8 Å². The average molecular weight is 320 g/mol. The molecule has 2 N–H and O–H groups in total. The first-order valence-corrected chi connectivity index (χ1v) is 8.39. The van der Waals surface area contributed by atoms with E-state index in [9.17, 15) is 9.59 Å². The van der Waals surface area contributed by atoms with Gasteiger partial charge in [-0.1, -0.05) is 5.21 Å². The van der Waals surface area contributed by atoms with Gasteiger partial charge < -0.3 is 15.5 Å². The lowest BCUT2D eigenvalue weighted by Gasteiger charge is -2.22. The topological polar surface area (TPSA) is 92.2 Å². The summed E-state index contributed by atoms with van der Waals surface area (Å²) in [6.45, 7) is 4.67. The lowest BCUT2D eigenvalue weighted by atomic mass is 10.00. The Hall–Kier alpha value is -1.96. The molecule has 0 unspecified atom stereocenters. The Kier molecular flexibility index (Phi) is 5.22. The SMILES string of the molecule is O=C(NCCN1CCCC1=O)c1cn(C[C@H]2CCCNC2)nn1. The summed E-state index contributed by atoms with van der Waals surface area (Å²) < 4.78 is 1.75. The van der Waals surface area contributed by atoms with Crippen LogP contribution in [-0.2, 0) is 11.3 Å². The van der Waals surface area contributed by atoms with Crippen LogP contribution in [0.4, 0.5) is 0 Å². The number of nitrogens with zero attached hydrogens (tertiary/aromatic N) is 4. The molecule has 0 radical (unpaired) electrons. The van der Waals surface area contributed by atoms with E-state index >= 15 is 0 Å². The van der Waals surface area contributed by atoms with Crippen LogP contribution in [0.1, 0.15) is 36.2 Å². The van der Waals surface area contributed by atoms with Crippen LogP contribution in [0, 0.1) is 5.92 Å². The van der Waals surface area contributed by atoms with E-state index in [1.54, 1.807) is 15.8 Å². The Morgan fingerprint density at radius 1 is 1.43 bits per heavy atom. The molecule has 2 fully saturated rings. The van der Waals surface area contributed by atoms with Crippen LogP contribution >= 0.6 is 0 Å². The third-order valence-corrected chi connectivity index (χ3v) is 4.45. The van der Waals surface area contributed by atoms with Crippen molar-refractivity contribution in [3.05, 3.63) is 11.9 Å². The molecule has 0 bridgehead atoms. The van der Waals surface area contributed by atoms with Gasteiger partial charge in [0.1, 0.15) is 0 Å². The Labute approximate surface area is 135 Å². The van der Waals surface area contributed by atoms with E-state index < -0.39 is 0 Å². The summed E-state index contributed by atoms with van der Waals surface area (Å²) >= 11 is 0. The summed E-state index contributed by atoms with van der Waals surface area (Å²) in [5.41, 5.74) is 0.335. The summed E-state index contributed by atoms with van der Waals surface area (Å²) in [7, 11) is 0. The number of carbonyl (C=O) groups excluding carboxylic acids is 2. The van der Waals surface area contributed by atoms with Gasteiger partial charge in [0, 0.05) is 32.6 Å². The molecule has 0 aromatic carbocycles. The monoisotopic (exact) mass is 320 g/mol. The van der Waals surface area contributed by atoms with Crippen molar-refractivity contribution in [2.75, 3.05) is 32.7 Å². The summed E-state index contributed by atoms with van der Waals surface area (Å²) in [6, 6.07) is 0. The number of likely N-dealkylation sites (tertiary alicyclic amines) is 1. The molecule has 3 rings (SSSR count). The molecule has 8 heteroatoms. The molecule has 2 aliphatic rings. The zero-order chi connectivity index (χ0) is 16.1. The highest BCUT2D eigenvalue weighted by Crippen LogP contribution is 2.12. The molecule has 1 aromatic rings. The Morgan fingerprint density at radius 2 is 2.35 bits per heavy atom. The summed E-state index contributed by atoms with van der Waals surface area (Å²) in [6.07, 6.45) is 5.60. The quantitative estimate of drug-likeness (QED) is 0.746. The minimum atomic E-state index is -0.232. The Morgan fingerprint density at radius 3 is 3.09 bits per heavy atom. The van der Waals surface area contributed by atoms with E-state index in [1.807, 2.05) is 0 Å². The molecule has 8 nitrogen and oxygen atoms in total. The molecule has 2 saturated heterocycles. The molecule has 0 spiro atoms. The normalized spacial score (nSPS) is 21.7. The lowest BCUT2D eigenvalue weighted by Crippen LogP contribution is -2.35. The van der Waals surface area contributed by atoms with Crippen LogP contribution < -0.4 is 10.6 Å². The highest BCUT2D eigenvalue weighted by atomic mass is 16.2. The molecule has 0 aliphatic carbocycles. The fourth-order valence-corrected chi connectivity index (χ4v) is 3.17. The molecule has 126 valence electrons. The van der Waals surface area contributed by atoms with Gasteiger partial charge >= 0.3 is 0 Å². The van der Waals surface area contributed by atoms with Gasteiger partial charge in [-0.15, -0.1) is 5.10 Å². The third-order valence-electron chi connectivity index (χ3n) is 4.45. The van der Waals surface area contributed by atoms with Gasteiger partial charge in [-0.25, -0.2) is 0 Å². The van der Waals surface area contributed by atoms with E-state index in [4.69, 9.17) is 0 Å². The molecule has 3 heterocycles. The Balaban J connectivity index is 1.43. The minimum Gasteiger partial charge on any atom is -0.349 e. The second-order valence-electron chi connectivity index (χ2n) is 6.28. The van der Waals surface area contributed by atoms with Crippen molar-refractivity contribution in [2.24, 2.45) is 5.92 Å². The van der Waals surface area contributed by atoms with Crippen LogP contribution in [0.3, 0.4) is 0 Å². The van der Waals surface area contributed by atoms with Crippen molar-refractivity contribution < 1.29 is 9.59 Å². The molecule has 23 heavy (non-hydrogen) atoms. The maximum absolute atomic E-state index is 12.1. The largest absolute Gasteiger partial charge is 0.349 e.